The maximum Gasteiger partial charge on any atom is 0.340 e. The zero-order valence-corrected chi connectivity index (χ0v) is 74.5. The van der Waals surface area contributed by atoms with Gasteiger partial charge in [-0.1, -0.05) is 34.1 Å². The van der Waals surface area contributed by atoms with E-state index in [0.29, 0.717) is 5.01 Å². The second-order valence-corrected chi connectivity index (χ2v) is 32.1. The van der Waals surface area contributed by atoms with Crippen molar-refractivity contribution in [3.63, 3.8) is 0 Å². The number of phenolic OH excluding ortho intramolecular Hbond substituents is 2. The van der Waals surface area contributed by atoms with Crippen LogP contribution in [0, 0.1) is 17.2 Å². The van der Waals surface area contributed by atoms with Crippen LogP contribution in [0.1, 0.15) is 162 Å². The minimum atomic E-state index is -1.92. The van der Waals surface area contributed by atoms with Crippen molar-refractivity contribution in [3.05, 3.63) is 119 Å². The van der Waals surface area contributed by atoms with E-state index in [1.54, 1.807) is 20.8 Å². The first-order valence-electron chi connectivity index (χ1n) is 42.1. The molecule has 134 heavy (non-hydrogen) atoms. The third kappa shape index (κ3) is 29.5. The van der Waals surface area contributed by atoms with E-state index in [1.807, 2.05) is 0 Å². The van der Waals surface area contributed by atoms with Crippen molar-refractivity contribution in [2.75, 3.05) is 20.1 Å². The Hall–Kier alpha value is -16.1. The van der Waals surface area contributed by atoms with Crippen LogP contribution >= 0.6 is 0 Å². The van der Waals surface area contributed by atoms with Gasteiger partial charge in [-0.3, -0.25) is 92.3 Å². The van der Waals surface area contributed by atoms with Gasteiger partial charge in [0.15, 0.2) is 11.6 Å². The van der Waals surface area contributed by atoms with E-state index < -0.39 is 247 Å². The molecule has 18 amide bonds. The Kier molecular flexibility index (Phi) is 37.6. The van der Waals surface area contributed by atoms with E-state index in [-0.39, 0.29) is 113 Å². The fourth-order valence-corrected chi connectivity index (χ4v) is 13.7. The van der Waals surface area contributed by atoms with Crippen LogP contribution in [0.4, 0.5) is 4.79 Å². The molecule has 724 valence electrons. The van der Waals surface area contributed by atoms with Gasteiger partial charge in [0.05, 0.1) is 42.6 Å². The van der Waals surface area contributed by atoms with Crippen molar-refractivity contribution < 1.29 is 126 Å². The molecule has 5 aromatic rings. The Morgan fingerprint density at radius 3 is 1.46 bits per heavy atom. The number of carbonyl (C=O) groups is 20. The second-order valence-electron chi connectivity index (χ2n) is 32.1. The number of nitrogens with zero attached hydrogens (tertiary/aromatic N) is 3. The number of aromatic nitrogens is 4. The van der Waals surface area contributed by atoms with Gasteiger partial charge in [-0.25, -0.2) is 29.4 Å². The Morgan fingerprint density at radius 2 is 0.963 bits per heavy atom. The van der Waals surface area contributed by atoms with E-state index in [2.05, 4.69) is 105 Å². The lowest BCUT2D eigenvalue weighted by molar-refractivity contribution is -0.142. The molecule has 14 atom stereocenters. The number of carboxylic acid groups (broad SMARTS) is 2. The minimum Gasteiger partial charge on any atom is -0.508 e. The fourth-order valence-electron chi connectivity index (χ4n) is 13.7. The monoisotopic (exact) mass is 1870 g/mol. The SMILES string of the molecule is CC[C@H](C)[C@H](NC(=O)N(C)NC(=O)[C@H](C)NC(=O)[C@H](Cc1c[nH]cn1)NC(=O)[C@H](C)NC(=O)[C@H](C)NC(=O)[C@H](Cc1c[nH]cn1)NC(=O)[C@@H](NC(=O)[C@H](C)NC(=O)[C@H](CCC(N)=O)NC(=O)c1ccc2c(c1)C1(OC2=O)c2ccc(O)cc2Oc2cc(O)ccc21)C(C)C)C(=O)N[C@@H](CC(N)=O)C(=O)N[C@@H](CCC(=O)O)C(=O)N[C@@H](C)C(=O)NCC(=O)N[C@@H](CCCNC(=N)N)C(=O)O. The van der Waals surface area contributed by atoms with Crippen molar-refractivity contribution in [1.29, 1.82) is 5.41 Å². The third-order valence-corrected chi connectivity index (χ3v) is 21.3. The number of primary amides is 2. The summed E-state index contributed by atoms with van der Waals surface area (Å²) >= 11 is 0. The highest BCUT2D eigenvalue weighted by molar-refractivity contribution is 6.04. The van der Waals surface area contributed by atoms with Crippen molar-refractivity contribution >= 4 is 124 Å². The highest BCUT2D eigenvalue weighted by Gasteiger charge is 2.54. The molecule has 1 spiro atoms. The van der Waals surface area contributed by atoms with E-state index in [9.17, 15) is 116 Å². The number of aromatic hydroxyl groups is 2. The van der Waals surface area contributed by atoms with Gasteiger partial charge in [-0.15, -0.1) is 0 Å². The first-order chi connectivity index (χ1) is 63.1. The van der Waals surface area contributed by atoms with E-state index in [1.165, 1.54) is 114 Å². The predicted octanol–water partition coefficient (Wildman–Crippen LogP) is -5.66. The predicted molar refractivity (Wildman–Crippen MR) is 465 cm³/mol. The number of benzene rings is 3. The number of esters is 1. The molecule has 51 nitrogen and oxygen atoms in total. The van der Waals surface area contributed by atoms with Gasteiger partial charge < -0.3 is 137 Å². The number of phenols is 2. The van der Waals surface area contributed by atoms with Crippen molar-refractivity contribution in [1.82, 2.24) is 110 Å². The number of carboxylic acids is 2. The number of urea groups is 1. The quantitative estimate of drug-likeness (QED) is 0.00567. The number of fused-ring (bicyclic) bond motifs is 6. The van der Waals surface area contributed by atoms with Crippen LogP contribution in [-0.4, -0.2) is 268 Å². The van der Waals surface area contributed by atoms with Gasteiger partial charge in [-0.2, -0.15) is 0 Å². The number of nitrogens with one attached hydrogen (secondary N) is 19. The number of guanidine groups is 1. The largest absolute Gasteiger partial charge is 0.508 e. The fraction of sp³-hybridized carbons (Fsp3) is 0.458. The number of aliphatic carboxylic acids is 2. The number of imidazole rings is 2. The van der Waals surface area contributed by atoms with Gasteiger partial charge >= 0.3 is 23.9 Å². The summed E-state index contributed by atoms with van der Waals surface area (Å²) in [6, 6.07) is -9.32. The van der Waals surface area contributed by atoms with E-state index >= 15 is 0 Å². The van der Waals surface area contributed by atoms with Crippen LogP contribution in [0.5, 0.6) is 23.0 Å². The maximum atomic E-state index is 14.3. The standard InChI is InChI=1S/C83H111N25O26/c1-11-37(4)65(78(128)104-57(30-61(85)112)76(126)101-53(21-23-63(114)115)73(123)95-38(5)66(116)91-33-62(113)99-54(79(129)130)13-12-24-90-81(86)87)106-82(132)108(10)107-70(120)42(9)98-74(124)55(26-44-31-88-34-92-44)102-68(118)40(7)94-67(117)39(6)97-75(125)56(27-45-32-89-35-93-45)103-77(127)64(36(2)3)105-69(119)41(8)96-72(122)52(20-22-60(84)111)100-71(121)43-14-17-48-51(25-43)83(134-80(48)131)49-18-15-46(109)28-58(49)133-59-29-47(110)16-19-50(59)83/h14-19,25,28-29,31-32,34-42,52-57,64-65,109-110H,11-13,20-24,26-27,30,33H2,1-10H3,(H2,84,111)(H2,85,112)(H,88,92)(H,89,93)(H,91,116)(H,94,117)(H,95,123)(H,96,122)(H,97,125)(H,98,124)(H,99,113)(H,100,121)(H,101,126)(H,102,118)(H,103,127)(H,104,128)(H,105,119)(H,106,132)(H,107,120)(H,114,115)(H,129,130)(H4,86,87,90)/t37-,38-,39-,40-,41-,42-,52-,53-,54-,55-,56-,57-,64-,65-/m0/s1. The van der Waals surface area contributed by atoms with Gasteiger partial charge in [0.25, 0.3) is 11.8 Å². The minimum absolute atomic E-state index is 0.0350. The lowest BCUT2D eigenvalue weighted by atomic mass is 9.77. The summed E-state index contributed by atoms with van der Waals surface area (Å²) < 4.78 is 12.1. The molecule has 3 aromatic carbocycles. The van der Waals surface area contributed by atoms with Crippen LogP contribution < -0.4 is 107 Å². The number of hydrogen-bond donors (Lipinski definition) is 26. The number of nitrogens with two attached hydrogens (primary N) is 3. The normalized spacial score (nSPS) is 15.1. The Morgan fingerprint density at radius 1 is 0.493 bits per heavy atom. The van der Waals surface area contributed by atoms with Crippen LogP contribution in [0.25, 0.3) is 0 Å². The van der Waals surface area contributed by atoms with Crippen LogP contribution in [0.2, 0.25) is 0 Å². The van der Waals surface area contributed by atoms with E-state index in [0.717, 1.165) is 14.0 Å². The number of ether oxygens (including phenoxy) is 2. The number of aromatic amines is 2. The molecule has 0 saturated carbocycles. The zero-order valence-electron chi connectivity index (χ0n) is 74.5. The molecule has 2 aromatic heterocycles. The van der Waals surface area contributed by atoms with Crippen LogP contribution in [0.15, 0.2) is 79.6 Å². The molecule has 0 unspecified atom stereocenters. The molecule has 0 bridgehead atoms. The lowest BCUT2D eigenvalue weighted by Crippen LogP contribution is -2.61. The Bertz CT molecular complexity index is 5190. The third-order valence-electron chi connectivity index (χ3n) is 21.3. The number of hydrazine groups is 1. The molecule has 29 N–H and O–H groups in total. The summed E-state index contributed by atoms with van der Waals surface area (Å²) in [6.07, 6.45) is 1.79. The highest BCUT2D eigenvalue weighted by atomic mass is 16.6. The molecule has 0 fully saturated rings. The number of hydrogen-bond acceptors (Lipinski definition) is 27. The number of rotatable bonds is 48. The summed E-state index contributed by atoms with van der Waals surface area (Å²) in [7, 11) is 1.04. The first-order valence-corrected chi connectivity index (χ1v) is 42.1. The lowest BCUT2D eigenvalue weighted by Gasteiger charge is -2.36. The van der Waals surface area contributed by atoms with Crippen molar-refractivity contribution in [2.45, 2.75) is 211 Å². The Balaban J connectivity index is 0.926. The molecule has 2 aliphatic heterocycles. The van der Waals surface area contributed by atoms with Gasteiger partial charge in [0, 0.05) is 86.1 Å². The average Bonchev–Trinajstić information content (AvgIpc) is 1.51. The number of H-pyrrole nitrogens is 2. The molecule has 0 saturated heterocycles. The Labute approximate surface area is 764 Å². The van der Waals surface area contributed by atoms with Gasteiger partial charge in [0.2, 0.25) is 82.7 Å². The van der Waals surface area contributed by atoms with Gasteiger partial charge in [-0.05, 0) is 115 Å². The van der Waals surface area contributed by atoms with Crippen LogP contribution in [-0.2, 0) is 105 Å². The highest BCUT2D eigenvalue weighted by Crippen LogP contribution is 2.57. The second kappa shape index (κ2) is 48.0. The molecule has 2 aliphatic rings. The zero-order chi connectivity index (χ0) is 99.4. The molecule has 51 heteroatoms. The summed E-state index contributed by atoms with van der Waals surface area (Å²) in [5.41, 5.74) is 17.6. The molecular formula is C83H111N25O26. The average molecular weight is 1870 g/mol. The van der Waals surface area contributed by atoms with Crippen molar-refractivity contribution in [2.24, 2.45) is 29.0 Å². The number of carbonyl (C=O) groups excluding carboxylic acids is 18. The van der Waals surface area contributed by atoms with Crippen LogP contribution in [0.3, 0.4) is 0 Å². The summed E-state index contributed by atoms with van der Waals surface area (Å²) in [4.78, 5) is 283. The maximum absolute atomic E-state index is 14.3. The molecular weight excluding hydrogens is 1760 g/mol. The smallest absolute Gasteiger partial charge is 0.340 e. The van der Waals surface area contributed by atoms with Crippen molar-refractivity contribution in [3.8, 4) is 23.0 Å². The summed E-state index contributed by atoms with van der Waals surface area (Å²) in [5.74, 6) is -22.1. The summed E-state index contributed by atoms with van der Waals surface area (Å²) in [5, 5.41) is 83.7. The molecule has 4 heterocycles. The molecule has 7 rings (SSSR count). The van der Waals surface area contributed by atoms with E-state index in [4.69, 9.17) is 32.1 Å². The van der Waals surface area contributed by atoms with Gasteiger partial charge in [0.1, 0.15) is 102 Å². The molecule has 0 radical (unpaired) electrons. The summed E-state index contributed by atoms with van der Waals surface area (Å²) in [6.45, 7) is 11.6. The topological polar surface area (TPSA) is 796 Å². The first kappa shape index (κ1) is 105. The number of amides is 18. The molecule has 0 aliphatic carbocycles.